The number of rotatable bonds is 6. The van der Waals surface area contributed by atoms with Crippen LogP contribution in [-0.4, -0.2) is 46.1 Å². The van der Waals surface area contributed by atoms with Crippen LogP contribution in [0.1, 0.15) is 60.5 Å². The molecule has 0 spiro atoms. The maximum atomic E-state index is 12.7. The van der Waals surface area contributed by atoms with E-state index in [-0.39, 0.29) is 5.91 Å². The van der Waals surface area contributed by atoms with Gasteiger partial charge in [0.2, 0.25) is 5.88 Å². The van der Waals surface area contributed by atoms with Gasteiger partial charge in [-0.05, 0) is 56.4 Å². The Kier molecular flexibility index (Phi) is 3.90. The molecule has 3 fully saturated rings. The molecule has 0 radical (unpaired) electrons. The first-order valence-corrected chi connectivity index (χ1v) is 8.81. The predicted molar refractivity (Wildman–Crippen MR) is 86.1 cm³/mol. The second kappa shape index (κ2) is 6.07. The summed E-state index contributed by atoms with van der Waals surface area (Å²) in [5, 5.41) is 9.27. The summed E-state index contributed by atoms with van der Waals surface area (Å²) >= 11 is 0. The number of nitrogens with zero attached hydrogens (tertiary/aromatic N) is 2. The third kappa shape index (κ3) is 3.09. The first-order chi connectivity index (χ1) is 11.6. The topological polar surface area (TPSA) is 79.7 Å². The lowest BCUT2D eigenvalue weighted by molar-refractivity contribution is -0.141. The second-order valence-corrected chi connectivity index (χ2v) is 7.11. The summed E-state index contributed by atoms with van der Waals surface area (Å²) in [4.78, 5) is 29.9. The van der Waals surface area contributed by atoms with Gasteiger partial charge in [0.15, 0.2) is 0 Å². The van der Waals surface area contributed by atoms with Crippen LogP contribution in [0.3, 0.4) is 0 Å². The Balaban J connectivity index is 1.56. The van der Waals surface area contributed by atoms with Gasteiger partial charge in [-0.25, -0.2) is 9.78 Å². The van der Waals surface area contributed by atoms with Crippen LogP contribution in [0.4, 0.5) is 0 Å². The van der Waals surface area contributed by atoms with E-state index < -0.39 is 12.0 Å². The fourth-order valence-corrected chi connectivity index (χ4v) is 3.29. The number of carbonyl (C=O) groups is 2. The number of amides is 1. The average molecular weight is 330 g/mol. The lowest BCUT2D eigenvalue weighted by atomic mass is 10.1. The number of carbonyl (C=O) groups excluding carboxylic acids is 1. The molecule has 1 saturated heterocycles. The summed E-state index contributed by atoms with van der Waals surface area (Å²) in [5.41, 5.74) is 1.38. The van der Waals surface area contributed by atoms with Gasteiger partial charge in [0, 0.05) is 12.1 Å². The van der Waals surface area contributed by atoms with Crippen LogP contribution in [0.2, 0.25) is 0 Å². The van der Waals surface area contributed by atoms with Crippen molar-refractivity contribution in [3.8, 4) is 5.88 Å². The van der Waals surface area contributed by atoms with E-state index in [4.69, 9.17) is 4.74 Å². The minimum Gasteiger partial charge on any atom is -0.480 e. The highest BCUT2D eigenvalue weighted by Crippen LogP contribution is 2.44. The quantitative estimate of drug-likeness (QED) is 0.866. The van der Waals surface area contributed by atoms with Gasteiger partial charge in [-0.3, -0.25) is 4.79 Å². The molecule has 4 rings (SSSR count). The molecular formula is C18H22N2O4. The van der Waals surface area contributed by atoms with Crippen LogP contribution in [0.5, 0.6) is 5.88 Å². The van der Waals surface area contributed by atoms with Crippen molar-refractivity contribution in [2.75, 3.05) is 13.2 Å². The summed E-state index contributed by atoms with van der Waals surface area (Å²) < 4.78 is 5.89. The van der Waals surface area contributed by atoms with Gasteiger partial charge in [-0.1, -0.05) is 6.07 Å². The Hall–Kier alpha value is -2.11. The lowest BCUT2D eigenvalue weighted by Gasteiger charge is -2.21. The smallest absolute Gasteiger partial charge is 0.326 e. The van der Waals surface area contributed by atoms with E-state index in [0.29, 0.717) is 49.4 Å². The van der Waals surface area contributed by atoms with Crippen molar-refractivity contribution in [1.29, 1.82) is 0 Å². The molecule has 1 N–H and O–H groups in total. The van der Waals surface area contributed by atoms with Crippen molar-refractivity contribution in [3.05, 3.63) is 23.4 Å². The number of carboxylic acids is 1. The van der Waals surface area contributed by atoms with E-state index >= 15 is 0 Å². The molecule has 6 heteroatoms. The number of carboxylic acid groups (broad SMARTS) is 1. The molecule has 1 aromatic heterocycles. The molecule has 2 heterocycles. The Morgan fingerprint density at radius 3 is 2.67 bits per heavy atom. The second-order valence-electron chi connectivity index (χ2n) is 7.11. The number of pyridine rings is 1. The molecule has 1 atom stereocenters. The maximum absolute atomic E-state index is 12.7. The van der Waals surface area contributed by atoms with Crippen molar-refractivity contribution >= 4 is 11.9 Å². The van der Waals surface area contributed by atoms with E-state index in [1.165, 1.54) is 17.7 Å². The first-order valence-electron chi connectivity index (χ1n) is 8.81. The SMILES string of the molecule is O=C(O)[C@@H]1CCCN1C(=O)c1ccc(C2CC2)c(OCC2CC2)n1. The fraction of sp³-hybridized carbons (Fsp3) is 0.611. The average Bonchev–Trinajstić information content (AvgIpc) is 3.50. The van der Waals surface area contributed by atoms with E-state index in [0.717, 1.165) is 18.4 Å². The first kappa shape index (κ1) is 15.4. The number of hydrogen-bond donors (Lipinski definition) is 1. The summed E-state index contributed by atoms with van der Waals surface area (Å²) in [7, 11) is 0. The molecule has 3 aliphatic rings. The summed E-state index contributed by atoms with van der Waals surface area (Å²) in [6.07, 6.45) is 5.90. The molecular weight excluding hydrogens is 308 g/mol. The van der Waals surface area contributed by atoms with Crippen molar-refractivity contribution in [3.63, 3.8) is 0 Å². The molecule has 0 bridgehead atoms. The Morgan fingerprint density at radius 1 is 1.21 bits per heavy atom. The summed E-state index contributed by atoms with van der Waals surface area (Å²) in [6, 6.07) is 2.92. The van der Waals surface area contributed by atoms with Gasteiger partial charge >= 0.3 is 5.97 Å². The molecule has 24 heavy (non-hydrogen) atoms. The highest BCUT2D eigenvalue weighted by molar-refractivity contribution is 5.95. The largest absolute Gasteiger partial charge is 0.480 e. The molecule has 1 aromatic rings. The monoisotopic (exact) mass is 330 g/mol. The number of hydrogen-bond acceptors (Lipinski definition) is 4. The molecule has 0 aromatic carbocycles. The van der Waals surface area contributed by atoms with E-state index in [1.54, 1.807) is 6.07 Å². The highest BCUT2D eigenvalue weighted by atomic mass is 16.5. The Bertz CT molecular complexity index is 667. The van der Waals surface area contributed by atoms with E-state index in [1.807, 2.05) is 6.07 Å². The third-order valence-corrected chi connectivity index (χ3v) is 5.08. The highest BCUT2D eigenvalue weighted by Gasteiger charge is 2.36. The van der Waals surface area contributed by atoms with E-state index in [2.05, 4.69) is 4.98 Å². The summed E-state index contributed by atoms with van der Waals surface area (Å²) in [5.74, 6) is 0.433. The predicted octanol–water partition coefficient (Wildman–Crippen LogP) is 2.44. The zero-order valence-corrected chi connectivity index (χ0v) is 13.6. The van der Waals surface area contributed by atoms with Crippen LogP contribution in [0.15, 0.2) is 12.1 Å². The minimum absolute atomic E-state index is 0.290. The van der Waals surface area contributed by atoms with Crippen molar-refractivity contribution < 1.29 is 19.4 Å². The number of ether oxygens (including phenoxy) is 1. The van der Waals surface area contributed by atoms with Crippen LogP contribution in [0.25, 0.3) is 0 Å². The van der Waals surface area contributed by atoms with Gasteiger partial charge in [0.25, 0.3) is 5.91 Å². The summed E-state index contributed by atoms with van der Waals surface area (Å²) in [6.45, 7) is 1.13. The van der Waals surface area contributed by atoms with Crippen LogP contribution < -0.4 is 4.74 Å². The zero-order valence-electron chi connectivity index (χ0n) is 13.6. The van der Waals surface area contributed by atoms with E-state index in [9.17, 15) is 14.7 Å². The normalized spacial score (nSPS) is 23.3. The Morgan fingerprint density at radius 2 is 2.00 bits per heavy atom. The molecule has 0 unspecified atom stereocenters. The zero-order chi connectivity index (χ0) is 16.7. The molecule has 1 amide bonds. The van der Waals surface area contributed by atoms with Crippen LogP contribution >= 0.6 is 0 Å². The van der Waals surface area contributed by atoms with Crippen LogP contribution in [-0.2, 0) is 4.79 Å². The van der Waals surface area contributed by atoms with Gasteiger partial charge < -0.3 is 14.7 Å². The number of likely N-dealkylation sites (tertiary alicyclic amines) is 1. The Labute approximate surface area is 140 Å². The molecule has 128 valence electrons. The molecule has 2 saturated carbocycles. The third-order valence-electron chi connectivity index (χ3n) is 5.08. The molecule has 6 nitrogen and oxygen atoms in total. The molecule has 2 aliphatic carbocycles. The lowest BCUT2D eigenvalue weighted by Crippen LogP contribution is -2.40. The standard InChI is InChI=1S/C18H22N2O4/c21-17(20-9-1-2-15(20)18(22)23)14-8-7-13(12-5-6-12)16(19-14)24-10-11-3-4-11/h7-8,11-12,15H,1-6,9-10H2,(H,22,23)/t15-/m0/s1. The van der Waals surface area contributed by atoms with Crippen LogP contribution in [0, 0.1) is 5.92 Å². The molecule has 1 aliphatic heterocycles. The maximum Gasteiger partial charge on any atom is 0.326 e. The van der Waals surface area contributed by atoms with Gasteiger partial charge in [0.1, 0.15) is 11.7 Å². The van der Waals surface area contributed by atoms with Crippen molar-refractivity contribution in [2.45, 2.75) is 50.5 Å². The van der Waals surface area contributed by atoms with Gasteiger partial charge in [-0.2, -0.15) is 0 Å². The fourth-order valence-electron chi connectivity index (χ4n) is 3.29. The van der Waals surface area contributed by atoms with Gasteiger partial charge in [-0.15, -0.1) is 0 Å². The minimum atomic E-state index is -0.944. The number of aromatic nitrogens is 1. The van der Waals surface area contributed by atoms with Gasteiger partial charge in [0.05, 0.1) is 6.61 Å². The van der Waals surface area contributed by atoms with Crippen molar-refractivity contribution in [2.24, 2.45) is 5.92 Å². The number of aliphatic carboxylic acids is 1. The van der Waals surface area contributed by atoms with Crippen molar-refractivity contribution in [1.82, 2.24) is 9.88 Å².